The molecule has 22 heavy (non-hydrogen) atoms. The molecule has 3 rings (SSSR count). The molecule has 112 valence electrons. The fraction of sp³-hybridized carbons (Fsp3) is 0.353. The lowest BCUT2D eigenvalue weighted by atomic mass is 10.1. The fourth-order valence-corrected chi connectivity index (χ4v) is 3.13. The lowest BCUT2D eigenvalue weighted by molar-refractivity contribution is 0.578. The summed E-state index contributed by atoms with van der Waals surface area (Å²) in [6.45, 7) is 2.31. The molecule has 0 bridgehead atoms. The summed E-state index contributed by atoms with van der Waals surface area (Å²) in [5.41, 5.74) is 3.23. The number of nitriles is 1. The van der Waals surface area contributed by atoms with Crippen molar-refractivity contribution in [2.75, 3.05) is 23.7 Å². The van der Waals surface area contributed by atoms with Crippen LogP contribution in [0.4, 0.5) is 5.69 Å². The van der Waals surface area contributed by atoms with Crippen molar-refractivity contribution in [1.82, 2.24) is 10.2 Å². The van der Waals surface area contributed by atoms with E-state index in [9.17, 15) is 0 Å². The van der Waals surface area contributed by atoms with Crippen molar-refractivity contribution in [1.29, 1.82) is 5.26 Å². The highest BCUT2D eigenvalue weighted by Gasteiger charge is 2.11. The molecule has 2 aromatic rings. The first-order chi connectivity index (χ1) is 10.9. The van der Waals surface area contributed by atoms with E-state index in [1.165, 1.54) is 36.7 Å². The number of anilines is 1. The lowest BCUT2D eigenvalue weighted by Crippen LogP contribution is -2.29. The van der Waals surface area contributed by atoms with Gasteiger partial charge in [-0.3, -0.25) is 0 Å². The van der Waals surface area contributed by atoms with E-state index < -0.39 is 0 Å². The van der Waals surface area contributed by atoms with Crippen molar-refractivity contribution in [3.8, 4) is 17.3 Å². The van der Waals surface area contributed by atoms with E-state index in [-0.39, 0.29) is 0 Å². The maximum absolute atomic E-state index is 8.57. The van der Waals surface area contributed by atoms with Crippen molar-refractivity contribution < 1.29 is 0 Å². The van der Waals surface area contributed by atoms with Gasteiger partial charge in [0, 0.05) is 24.3 Å². The third-order valence-electron chi connectivity index (χ3n) is 3.81. The van der Waals surface area contributed by atoms with Crippen molar-refractivity contribution >= 4 is 17.4 Å². The molecular formula is C17H18N4S. The van der Waals surface area contributed by atoms with Crippen LogP contribution < -0.4 is 4.90 Å². The third-order valence-corrected chi connectivity index (χ3v) is 4.60. The van der Waals surface area contributed by atoms with Crippen LogP contribution in [0.15, 0.2) is 41.4 Å². The fourth-order valence-electron chi connectivity index (χ4n) is 2.65. The van der Waals surface area contributed by atoms with Gasteiger partial charge in [-0.05, 0) is 43.5 Å². The van der Waals surface area contributed by atoms with Crippen LogP contribution in [0, 0.1) is 11.3 Å². The Balaban J connectivity index is 1.70. The van der Waals surface area contributed by atoms with Gasteiger partial charge in [0.2, 0.25) is 0 Å². The topological polar surface area (TPSA) is 52.8 Å². The zero-order chi connectivity index (χ0) is 15.2. The molecule has 0 N–H and O–H groups in total. The number of thioether (sulfide) groups is 1. The Morgan fingerprint density at radius 3 is 2.41 bits per heavy atom. The first-order valence-electron chi connectivity index (χ1n) is 7.56. The number of piperidine rings is 1. The van der Waals surface area contributed by atoms with Crippen LogP contribution >= 0.6 is 11.8 Å². The van der Waals surface area contributed by atoms with Gasteiger partial charge in [0.25, 0.3) is 0 Å². The first-order valence-corrected chi connectivity index (χ1v) is 8.54. The van der Waals surface area contributed by atoms with Gasteiger partial charge in [0.15, 0.2) is 0 Å². The molecule has 0 amide bonds. The summed E-state index contributed by atoms with van der Waals surface area (Å²) in [6.07, 6.45) is 3.92. The first kappa shape index (κ1) is 14.9. The molecular weight excluding hydrogens is 292 g/mol. The Hall–Kier alpha value is -2.06. The Kier molecular flexibility index (Phi) is 4.92. The van der Waals surface area contributed by atoms with E-state index >= 15 is 0 Å². The van der Waals surface area contributed by atoms with E-state index in [1.54, 1.807) is 0 Å². The van der Waals surface area contributed by atoms with Gasteiger partial charge < -0.3 is 4.90 Å². The number of benzene rings is 1. The summed E-state index contributed by atoms with van der Waals surface area (Å²) < 4.78 is 0. The minimum absolute atomic E-state index is 0.401. The van der Waals surface area contributed by atoms with Crippen LogP contribution in [-0.4, -0.2) is 29.0 Å². The second-order valence-corrected chi connectivity index (χ2v) is 6.29. The van der Waals surface area contributed by atoms with Crippen molar-refractivity contribution in [2.45, 2.75) is 24.3 Å². The molecule has 0 saturated carbocycles. The van der Waals surface area contributed by atoms with Gasteiger partial charge in [0.05, 0.1) is 17.5 Å². The zero-order valence-electron chi connectivity index (χ0n) is 12.4. The minimum Gasteiger partial charge on any atom is -0.372 e. The van der Waals surface area contributed by atoms with E-state index in [0.717, 1.165) is 29.4 Å². The predicted octanol–water partition coefficient (Wildman–Crippen LogP) is 3.75. The molecule has 1 fully saturated rings. The Morgan fingerprint density at radius 2 is 1.77 bits per heavy atom. The van der Waals surface area contributed by atoms with Crippen molar-refractivity contribution in [2.24, 2.45) is 0 Å². The SMILES string of the molecule is N#CCSc1ccc(-c2ccc(N3CCCCC3)cc2)nn1. The number of hydrogen-bond acceptors (Lipinski definition) is 5. The number of hydrogen-bond donors (Lipinski definition) is 0. The van der Waals surface area contributed by atoms with Gasteiger partial charge in [-0.25, -0.2) is 0 Å². The molecule has 1 aromatic carbocycles. The summed E-state index contributed by atoms with van der Waals surface area (Å²) >= 11 is 1.40. The summed E-state index contributed by atoms with van der Waals surface area (Å²) in [4.78, 5) is 2.45. The molecule has 1 aromatic heterocycles. The van der Waals surface area contributed by atoms with Crippen LogP contribution in [0.2, 0.25) is 0 Å². The number of nitrogens with zero attached hydrogens (tertiary/aromatic N) is 4. The monoisotopic (exact) mass is 310 g/mol. The summed E-state index contributed by atoms with van der Waals surface area (Å²) in [7, 11) is 0. The summed E-state index contributed by atoms with van der Waals surface area (Å²) in [6, 6.07) is 14.5. The highest BCUT2D eigenvalue weighted by Crippen LogP contribution is 2.24. The molecule has 0 spiro atoms. The average molecular weight is 310 g/mol. The van der Waals surface area contributed by atoms with Gasteiger partial charge in [0.1, 0.15) is 5.03 Å². The number of aromatic nitrogens is 2. The Morgan fingerprint density at radius 1 is 1.00 bits per heavy atom. The van der Waals surface area contributed by atoms with Gasteiger partial charge in [-0.15, -0.1) is 10.2 Å². The molecule has 1 aliphatic heterocycles. The van der Waals surface area contributed by atoms with Crippen molar-refractivity contribution in [3.63, 3.8) is 0 Å². The van der Waals surface area contributed by atoms with E-state index in [1.807, 2.05) is 12.1 Å². The molecule has 2 heterocycles. The quantitative estimate of drug-likeness (QED) is 0.805. The van der Waals surface area contributed by atoms with E-state index in [4.69, 9.17) is 5.26 Å². The molecule has 0 aliphatic carbocycles. The second kappa shape index (κ2) is 7.28. The van der Waals surface area contributed by atoms with Crippen LogP contribution in [0.1, 0.15) is 19.3 Å². The molecule has 0 atom stereocenters. The summed E-state index contributed by atoms with van der Waals surface area (Å²) in [5, 5.41) is 17.8. The van der Waals surface area contributed by atoms with E-state index in [2.05, 4.69) is 45.4 Å². The molecule has 4 nitrogen and oxygen atoms in total. The van der Waals surface area contributed by atoms with Gasteiger partial charge >= 0.3 is 0 Å². The molecule has 1 saturated heterocycles. The molecule has 0 radical (unpaired) electrons. The minimum atomic E-state index is 0.401. The summed E-state index contributed by atoms with van der Waals surface area (Å²) in [5.74, 6) is 0.401. The Bertz CT molecular complexity index is 640. The van der Waals surface area contributed by atoms with Crippen LogP contribution in [-0.2, 0) is 0 Å². The highest BCUT2D eigenvalue weighted by molar-refractivity contribution is 7.99. The van der Waals surface area contributed by atoms with Crippen LogP contribution in [0.25, 0.3) is 11.3 Å². The molecule has 5 heteroatoms. The third kappa shape index (κ3) is 3.58. The normalized spacial score (nSPS) is 14.6. The van der Waals surface area contributed by atoms with E-state index in [0.29, 0.717) is 5.75 Å². The van der Waals surface area contributed by atoms with Crippen LogP contribution in [0.5, 0.6) is 0 Å². The van der Waals surface area contributed by atoms with Crippen molar-refractivity contribution in [3.05, 3.63) is 36.4 Å². The highest BCUT2D eigenvalue weighted by atomic mass is 32.2. The smallest absolute Gasteiger partial charge is 0.120 e. The van der Waals surface area contributed by atoms with Crippen LogP contribution in [0.3, 0.4) is 0 Å². The van der Waals surface area contributed by atoms with Gasteiger partial charge in [-0.1, -0.05) is 23.9 Å². The maximum atomic E-state index is 8.57. The number of rotatable bonds is 4. The second-order valence-electron chi connectivity index (χ2n) is 5.30. The molecule has 1 aliphatic rings. The molecule has 0 unspecified atom stereocenters. The maximum Gasteiger partial charge on any atom is 0.120 e. The Labute approximate surface area is 135 Å². The van der Waals surface area contributed by atoms with Gasteiger partial charge in [-0.2, -0.15) is 5.26 Å². The predicted molar refractivity (Wildman–Crippen MR) is 89.9 cm³/mol. The standard InChI is InChI=1S/C17H18N4S/c18-10-13-22-17-9-8-16(19-20-17)14-4-6-15(7-5-14)21-11-2-1-3-12-21/h4-9H,1-3,11-13H2. The zero-order valence-corrected chi connectivity index (χ0v) is 13.2. The average Bonchev–Trinajstić information content (AvgIpc) is 2.61. The largest absolute Gasteiger partial charge is 0.372 e. The lowest BCUT2D eigenvalue weighted by Gasteiger charge is -2.28.